The van der Waals surface area contributed by atoms with E-state index in [-0.39, 0.29) is 16.4 Å². The fourth-order valence-electron chi connectivity index (χ4n) is 3.60. The van der Waals surface area contributed by atoms with Gasteiger partial charge in [0.05, 0.1) is 16.4 Å². The minimum Gasteiger partial charge on any atom is -0.383 e. The Bertz CT molecular complexity index is 483. The maximum absolute atomic E-state index is 13.8. The molecule has 1 fully saturated rings. The number of hydrogen-bond donors (Lipinski definition) is 1. The summed E-state index contributed by atoms with van der Waals surface area (Å²) in [5.74, 6) is -0.332. The van der Waals surface area contributed by atoms with Crippen LogP contribution in [-0.2, 0) is 0 Å². The van der Waals surface area contributed by atoms with Crippen molar-refractivity contribution < 1.29 is 4.39 Å². The van der Waals surface area contributed by atoms with Gasteiger partial charge in [-0.2, -0.15) is 0 Å². The molecule has 0 bridgehead atoms. The number of nitrogens with zero attached hydrogens (tertiary/aromatic N) is 1. The molecule has 2 nitrogen and oxygen atoms in total. The molecular weight excluding hydrogens is 263 g/mol. The Labute approximate surface area is 118 Å². The molecule has 1 aromatic carbocycles. The monoisotopic (exact) mass is 282 g/mol. The van der Waals surface area contributed by atoms with Gasteiger partial charge in [-0.25, -0.2) is 4.39 Å². The van der Waals surface area contributed by atoms with Crippen molar-refractivity contribution in [2.45, 2.75) is 44.1 Å². The Morgan fingerprint density at radius 3 is 2.68 bits per heavy atom. The van der Waals surface area contributed by atoms with Crippen molar-refractivity contribution in [3.05, 3.63) is 23.0 Å². The number of anilines is 2. The van der Waals surface area contributed by atoms with E-state index >= 15 is 0 Å². The molecule has 3 rings (SSSR count). The second-order valence-corrected chi connectivity index (χ2v) is 6.21. The molecule has 0 aromatic heterocycles. The van der Waals surface area contributed by atoms with Gasteiger partial charge in [0, 0.05) is 25.2 Å². The van der Waals surface area contributed by atoms with E-state index < -0.39 is 0 Å². The van der Waals surface area contributed by atoms with Gasteiger partial charge in [-0.05, 0) is 25.3 Å². The molecule has 1 aromatic rings. The van der Waals surface area contributed by atoms with Gasteiger partial charge in [-0.3, -0.25) is 0 Å². The predicted octanol–water partition coefficient (Wildman–Crippen LogP) is 4.43. The van der Waals surface area contributed by atoms with Crippen LogP contribution in [0.2, 0.25) is 5.02 Å². The zero-order chi connectivity index (χ0) is 13.5. The number of nitrogens with one attached hydrogen (secondary N) is 1. The molecule has 4 heteroatoms. The van der Waals surface area contributed by atoms with Crippen LogP contribution in [0.5, 0.6) is 0 Å². The van der Waals surface area contributed by atoms with Gasteiger partial charge in [0.15, 0.2) is 0 Å². The molecule has 1 spiro atoms. The highest BCUT2D eigenvalue weighted by Crippen LogP contribution is 2.43. The molecule has 0 unspecified atom stereocenters. The van der Waals surface area contributed by atoms with E-state index in [2.05, 4.69) is 17.3 Å². The van der Waals surface area contributed by atoms with Crippen molar-refractivity contribution in [1.82, 2.24) is 0 Å². The van der Waals surface area contributed by atoms with E-state index in [1.807, 2.05) is 0 Å². The summed E-state index contributed by atoms with van der Waals surface area (Å²) < 4.78 is 13.8. The van der Waals surface area contributed by atoms with E-state index in [1.165, 1.54) is 32.1 Å². The highest BCUT2D eigenvalue weighted by Gasteiger charge is 2.38. The molecule has 2 aliphatic rings. The third-order valence-electron chi connectivity index (χ3n) is 4.80. The second kappa shape index (κ2) is 4.86. The molecule has 104 valence electrons. The van der Waals surface area contributed by atoms with E-state index in [9.17, 15) is 4.39 Å². The van der Waals surface area contributed by atoms with E-state index in [4.69, 9.17) is 11.6 Å². The SMILES string of the molecule is CN1c2cc(F)c(Cl)cc2NCCC12CCCCC2. The fraction of sp³-hybridized carbons (Fsp3) is 0.600. The summed E-state index contributed by atoms with van der Waals surface area (Å²) in [6, 6.07) is 3.29. The van der Waals surface area contributed by atoms with Gasteiger partial charge in [0.1, 0.15) is 5.82 Å². The lowest BCUT2D eigenvalue weighted by Crippen LogP contribution is -2.48. The van der Waals surface area contributed by atoms with Crippen LogP contribution in [0.1, 0.15) is 38.5 Å². The van der Waals surface area contributed by atoms with Crippen molar-refractivity contribution in [3.8, 4) is 0 Å². The average Bonchev–Trinajstić information content (AvgIpc) is 2.53. The smallest absolute Gasteiger partial charge is 0.144 e. The van der Waals surface area contributed by atoms with Crippen molar-refractivity contribution in [3.63, 3.8) is 0 Å². The molecule has 1 heterocycles. The molecule has 0 radical (unpaired) electrons. The predicted molar refractivity (Wildman–Crippen MR) is 78.7 cm³/mol. The molecule has 1 aliphatic carbocycles. The van der Waals surface area contributed by atoms with Crippen LogP contribution in [0.15, 0.2) is 12.1 Å². The van der Waals surface area contributed by atoms with Crippen molar-refractivity contribution >= 4 is 23.0 Å². The minimum absolute atomic E-state index is 0.191. The molecule has 1 saturated carbocycles. The number of benzene rings is 1. The Morgan fingerprint density at radius 2 is 1.95 bits per heavy atom. The quantitative estimate of drug-likeness (QED) is 0.757. The first-order valence-electron chi connectivity index (χ1n) is 7.09. The van der Waals surface area contributed by atoms with Gasteiger partial charge in [-0.15, -0.1) is 0 Å². The number of halogens is 2. The maximum Gasteiger partial charge on any atom is 0.144 e. The van der Waals surface area contributed by atoms with Gasteiger partial charge in [-0.1, -0.05) is 30.9 Å². The van der Waals surface area contributed by atoms with Gasteiger partial charge in [0.25, 0.3) is 0 Å². The lowest BCUT2D eigenvalue weighted by atomic mass is 9.78. The third kappa shape index (κ3) is 2.18. The summed E-state index contributed by atoms with van der Waals surface area (Å²) in [7, 11) is 2.10. The molecule has 0 atom stereocenters. The topological polar surface area (TPSA) is 15.3 Å². The summed E-state index contributed by atoms with van der Waals surface area (Å²) in [6.45, 7) is 0.930. The molecule has 0 amide bonds. The Kier molecular flexibility index (Phi) is 3.34. The van der Waals surface area contributed by atoms with Crippen LogP contribution in [0.4, 0.5) is 15.8 Å². The fourth-order valence-corrected chi connectivity index (χ4v) is 3.77. The highest BCUT2D eigenvalue weighted by molar-refractivity contribution is 6.31. The maximum atomic E-state index is 13.8. The first-order valence-corrected chi connectivity index (χ1v) is 7.47. The van der Waals surface area contributed by atoms with Crippen LogP contribution in [0, 0.1) is 5.82 Å². The number of rotatable bonds is 0. The van der Waals surface area contributed by atoms with Crippen molar-refractivity contribution in [2.24, 2.45) is 0 Å². The van der Waals surface area contributed by atoms with Crippen molar-refractivity contribution in [2.75, 3.05) is 23.8 Å². The number of hydrogen-bond acceptors (Lipinski definition) is 2. The minimum atomic E-state index is -0.332. The largest absolute Gasteiger partial charge is 0.383 e. The average molecular weight is 283 g/mol. The molecular formula is C15H20ClFN2. The first-order chi connectivity index (χ1) is 9.12. The standard InChI is InChI=1S/C15H20ClFN2/c1-19-14-10-12(17)11(16)9-13(14)18-8-7-15(19)5-3-2-4-6-15/h9-10,18H,2-8H2,1H3. The zero-order valence-corrected chi connectivity index (χ0v) is 12.1. The van der Waals surface area contributed by atoms with Gasteiger partial charge < -0.3 is 10.2 Å². The van der Waals surface area contributed by atoms with Gasteiger partial charge in [0.2, 0.25) is 0 Å². The van der Waals surface area contributed by atoms with Crippen molar-refractivity contribution in [1.29, 1.82) is 0 Å². The normalized spacial score (nSPS) is 21.7. The van der Waals surface area contributed by atoms with Crippen LogP contribution in [0.25, 0.3) is 0 Å². The van der Waals surface area contributed by atoms with E-state index in [1.54, 1.807) is 12.1 Å². The zero-order valence-electron chi connectivity index (χ0n) is 11.3. The lowest BCUT2D eigenvalue weighted by Gasteiger charge is -2.45. The molecule has 19 heavy (non-hydrogen) atoms. The summed E-state index contributed by atoms with van der Waals surface area (Å²) in [5, 5.41) is 3.60. The summed E-state index contributed by atoms with van der Waals surface area (Å²) in [6.07, 6.45) is 7.39. The summed E-state index contributed by atoms with van der Waals surface area (Å²) >= 11 is 5.89. The lowest BCUT2D eigenvalue weighted by molar-refractivity contribution is 0.274. The Morgan fingerprint density at radius 1 is 1.21 bits per heavy atom. The molecule has 0 saturated heterocycles. The van der Waals surface area contributed by atoms with Crippen LogP contribution in [-0.4, -0.2) is 19.1 Å². The van der Waals surface area contributed by atoms with E-state index in [0.717, 1.165) is 24.3 Å². The number of fused-ring (bicyclic) bond motifs is 1. The van der Waals surface area contributed by atoms with Crippen LogP contribution in [0.3, 0.4) is 0 Å². The molecule has 1 aliphatic heterocycles. The highest BCUT2D eigenvalue weighted by atomic mass is 35.5. The van der Waals surface area contributed by atoms with E-state index in [0.29, 0.717) is 0 Å². The van der Waals surface area contributed by atoms with Crippen LogP contribution < -0.4 is 10.2 Å². The summed E-state index contributed by atoms with van der Waals surface area (Å²) in [4.78, 5) is 2.29. The molecule has 1 N–H and O–H groups in total. The Balaban J connectivity index is 2.03. The summed E-state index contributed by atoms with van der Waals surface area (Å²) in [5.41, 5.74) is 2.09. The van der Waals surface area contributed by atoms with Crippen LogP contribution >= 0.6 is 11.6 Å². The van der Waals surface area contributed by atoms with Gasteiger partial charge >= 0.3 is 0 Å². The Hall–Kier alpha value is -0.960. The second-order valence-electron chi connectivity index (χ2n) is 5.80. The first kappa shape index (κ1) is 13.0. The third-order valence-corrected chi connectivity index (χ3v) is 5.09.